The zero-order chi connectivity index (χ0) is 16.9. The Hall–Kier alpha value is -2.70. The number of halogens is 3. The highest BCUT2D eigenvalue weighted by atomic mass is 19.4. The molecule has 0 fully saturated rings. The second-order valence-corrected chi connectivity index (χ2v) is 4.53. The molecule has 2 aromatic rings. The van der Waals surface area contributed by atoms with Gasteiger partial charge in [0.1, 0.15) is 0 Å². The molecule has 0 bridgehead atoms. The van der Waals surface area contributed by atoms with Gasteiger partial charge in [-0.15, -0.1) is 0 Å². The summed E-state index contributed by atoms with van der Waals surface area (Å²) in [6.45, 7) is 0. The van der Waals surface area contributed by atoms with Crippen molar-refractivity contribution in [2.75, 3.05) is 19.6 Å². The minimum atomic E-state index is -4.39. The molecule has 0 saturated heterocycles. The van der Waals surface area contributed by atoms with Crippen molar-refractivity contribution in [3.8, 4) is 11.5 Å². The highest BCUT2D eigenvalue weighted by Gasteiger charge is 2.30. The Labute approximate surface area is 131 Å². The first-order valence-corrected chi connectivity index (χ1v) is 6.63. The van der Waals surface area contributed by atoms with Gasteiger partial charge in [0.05, 0.1) is 31.7 Å². The van der Waals surface area contributed by atoms with Crippen LogP contribution >= 0.6 is 0 Å². The second-order valence-electron chi connectivity index (χ2n) is 4.53. The van der Waals surface area contributed by atoms with E-state index >= 15 is 0 Å². The maximum Gasteiger partial charge on any atom is 0.416 e. The quantitative estimate of drug-likeness (QED) is 0.663. The predicted molar refractivity (Wildman–Crippen MR) is 82.2 cm³/mol. The van der Waals surface area contributed by atoms with Gasteiger partial charge in [0.15, 0.2) is 11.5 Å². The van der Waals surface area contributed by atoms with Crippen LogP contribution in [0.4, 0.5) is 18.9 Å². The summed E-state index contributed by atoms with van der Waals surface area (Å²) in [7, 11) is 3.01. The molecule has 0 aliphatic rings. The number of anilines is 1. The van der Waals surface area contributed by atoms with Crippen LogP contribution in [-0.4, -0.2) is 20.4 Å². The van der Waals surface area contributed by atoms with Gasteiger partial charge in [0.25, 0.3) is 0 Å². The van der Waals surface area contributed by atoms with E-state index < -0.39 is 11.7 Å². The molecule has 1 N–H and O–H groups in total. The van der Waals surface area contributed by atoms with E-state index in [1.54, 1.807) is 18.2 Å². The first-order valence-electron chi connectivity index (χ1n) is 6.63. The molecule has 0 atom stereocenters. The van der Waals surface area contributed by atoms with Gasteiger partial charge in [-0.2, -0.15) is 18.3 Å². The zero-order valence-corrected chi connectivity index (χ0v) is 12.5. The first kappa shape index (κ1) is 16.7. The van der Waals surface area contributed by atoms with Crippen LogP contribution in [-0.2, 0) is 6.18 Å². The summed E-state index contributed by atoms with van der Waals surface area (Å²) in [6, 6.07) is 10.0. The van der Waals surface area contributed by atoms with E-state index in [1.165, 1.54) is 32.6 Å². The SMILES string of the molecule is COc1cccc(C=NNc2cccc(C(F)(F)F)c2)c1OC. The van der Waals surface area contributed by atoms with E-state index in [0.29, 0.717) is 17.1 Å². The van der Waals surface area contributed by atoms with Crippen molar-refractivity contribution < 1.29 is 22.6 Å². The molecule has 0 saturated carbocycles. The average Bonchev–Trinajstić information content (AvgIpc) is 2.54. The molecule has 23 heavy (non-hydrogen) atoms. The molecule has 0 aromatic heterocycles. The molecular weight excluding hydrogens is 309 g/mol. The summed E-state index contributed by atoms with van der Waals surface area (Å²) in [4.78, 5) is 0. The molecule has 7 heteroatoms. The van der Waals surface area contributed by atoms with E-state index in [2.05, 4.69) is 10.5 Å². The van der Waals surface area contributed by atoms with E-state index in [1.807, 2.05) is 0 Å². The lowest BCUT2D eigenvalue weighted by atomic mass is 10.2. The number of nitrogens with one attached hydrogen (secondary N) is 1. The predicted octanol–water partition coefficient (Wildman–Crippen LogP) is 4.17. The third-order valence-electron chi connectivity index (χ3n) is 3.02. The monoisotopic (exact) mass is 324 g/mol. The Balaban J connectivity index is 2.17. The Kier molecular flexibility index (Phi) is 5.10. The maximum atomic E-state index is 12.6. The van der Waals surface area contributed by atoms with Crippen LogP contribution in [0, 0.1) is 0 Å². The van der Waals surface area contributed by atoms with Crippen molar-refractivity contribution in [2.45, 2.75) is 6.18 Å². The van der Waals surface area contributed by atoms with Crippen LogP contribution in [0.5, 0.6) is 11.5 Å². The van der Waals surface area contributed by atoms with Crippen LogP contribution in [0.25, 0.3) is 0 Å². The van der Waals surface area contributed by atoms with Crippen molar-refractivity contribution in [2.24, 2.45) is 5.10 Å². The lowest BCUT2D eigenvalue weighted by Crippen LogP contribution is -2.05. The van der Waals surface area contributed by atoms with Crippen molar-refractivity contribution >= 4 is 11.9 Å². The normalized spacial score (nSPS) is 11.5. The minimum Gasteiger partial charge on any atom is -0.493 e. The van der Waals surface area contributed by atoms with E-state index in [0.717, 1.165) is 12.1 Å². The van der Waals surface area contributed by atoms with E-state index in [4.69, 9.17) is 9.47 Å². The summed E-state index contributed by atoms with van der Waals surface area (Å²) < 4.78 is 48.3. The zero-order valence-electron chi connectivity index (χ0n) is 12.5. The molecule has 0 radical (unpaired) electrons. The summed E-state index contributed by atoms with van der Waals surface area (Å²) >= 11 is 0. The van der Waals surface area contributed by atoms with Gasteiger partial charge in [-0.3, -0.25) is 5.43 Å². The van der Waals surface area contributed by atoms with Crippen molar-refractivity contribution in [3.05, 3.63) is 53.6 Å². The Morgan fingerprint density at radius 1 is 1.04 bits per heavy atom. The topological polar surface area (TPSA) is 42.8 Å². The molecule has 2 rings (SSSR count). The number of para-hydroxylation sites is 1. The van der Waals surface area contributed by atoms with Crippen LogP contribution in [0.2, 0.25) is 0 Å². The highest BCUT2D eigenvalue weighted by molar-refractivity contribution is 5.85. The molecule has 0 aliphatic heterocycles. The average molecular weight is 324 g/mol. The number of hydrogen-bond donors (Lipinski definition) is 1. The third-order valence-corrected chi connectivity index (χ3v) is 3.02. The summed E-state index contributed by atoms with van der Waals surface area (Å²) in [5.41, 5.74) is 2.69. The number of ether oxygens (including phenoxy) is 2. The van der Waals surface area contributed by atoms with Crippen LogP contribution in [0.15, 0.2) is 47.6 Å². The fourth-order valence-electron chi connectivity index (χ4n) is 1.96. The highest BCUT2D eigenvalue weighted by Crippen LogP contribution is 2.31. The molecule has 4 nitrogen and oxygen atoms in total. The van der Waals surface area contributed by atoms with Gasteiger partial charge >= 0.3 is 6.18 Å². The van der Waals surface area contributed by atoms with Crippen LogP contribution in [0.3, 0.4) is 0 Å². The van der Waals surface area contributed by atoms with Gasteiger partial charge in [0, 0.05) is 5.56 Å². The summed E-state index contributed by atoms with van der Waals surface area (Å²) in [6.07, 6.45) is -2.95. The van der Waals surface area contributed by atoms with Crippen molar-refractivity contribution in [1.29, 1.82) is 0 Å². The molecular formula is C16H15F3N2O2. The fraction of sp³-hybridized carbons (Fsp3) is 0.188. The van der Waals surface area contributed by atoms with Crippen LogP contribution < -0.4 is 14.9 Å². The van der Waals surface area contributed by atoms with Crippen LogP contribution in [0.1, 0.15) is 11.1 Å². The maximum absolute atomic E-state index is 12.6. The molecule has 122 valence electrons. The lowest BCUT2D eigenvalue weighted by Gasteiger charge is -2.10. The summed E-state index contributed by atoms with van der Waals surface area (Å²) in [5.74, 6) is 1.03. The Morgan fingerprint density at radius 2 is 1.78 bits per heavy atom. The number of hydrazone groups is 1. The summed E-state index contributed by atoms with van der Waals surface area (Å²) in [5, 5.41) is 3.94. The number of hydrogen-bond acceptors (Lipinski definition) is 4. The largest absolute Gasteiger partial charge is 0.493 e. The smallest absolute Gasteiger partial charge is 0.416 e. The van der Waals surface area contributed by atoms with Crippen molar-refractivity contribution in [3.63, 3.8) is 0 Å². The molecule has 0 spiro atoms. The number of alkyl halides is 3. The Bertz CT molecular complexity index is 700. The fourth-order valence-corrected chi connectivity index (χ4v) is 1.96. The molecule has 0 aliphatic carbocycles. The Morgan fingerprint density at radius 3 is 2.43 bits per heavy atom. The number of rotatable bonds is 5. The molecule has 0 amide bonds. The van der Waals surface area contributed by atoms with Gasteiger partial charge in [-0.25, -0.2) is 0 Å². The van der Waals surface area contributed by atoms with E-state index in [9.17, 15) is 13.2 Å². The third kappa shape index (κ3) is 4.15. The van der Waals surface area contributed by atoms with Gasteiger partial charge in [0.2, 0.25) is 0 Å². The molecule has 2 aromatic carbocycles. The molecule has 0 heterocycles. The van der Waals surface area contributed by atoms with Gasteiger partial charge < -0.3 is 9.47 Å². The number of methoxy groups -OCH3 is 2. The number of benzene rings is 2. The minimum absolute atomic E-state index is 0.234. The molecule has 0 unspecified atom stereocenters. The van der Waals surface area contributed by atoms with Crippen molar-refractivity contribution in [1.82, 2.24) is 0 Å². The van der Waals surface area contributed by atoms with Gasteiger partial charge in [-0.1, -0.05) is 12.1 Å². The lowest BCUT2D eigenvalue weighted by molar-refractivity contribution is -0.137. The second kappa shape index (κ2) is 7.04. The van der Waals surface area contributed by atoms with E-state index in [-0.39, 0.29) is 5.69 Å². The standard InChI is InChI=1S/C16H15F3N2O2/c1-22-14-8-3-5-11(15(14)23-2)10-20-21-13-7-4-6-12(9-13)16(17,18)19/h3-10,21H,1-2H3. The first-order chi connectivity index (χ1) is 11.0. The number of nitrogens with zero attached hydrogens (tertiary/aromatic N) is 1. The van der Waals surface area contributed by atoms with Gasteiger partial charge in [-0.05, 0) is 30.3 Å².